The lowest BCUT2D eigenvalue weighted by atomic mass is 9.95. The number of aliphatic carboxylic acids is 1. The third-order valence-corrected chi connectivity index (χ3v) is 5.49. The summed E-state index contributed by atoms with van der Waals surface area (Å²) < 4.78 is 0. The van der Waals surface area contributed by atoms with Gasteiger partial charge in [-0.05, 0) is 36.1 Å². The van der Waals surface area contributed by atoms with Crippen molar-refractivity contribution in [3.05, 3.63) is 48.9 Å². The van der Waals surface area contributed by atoms with Crippen molar-refractivity contribution in [2.24, 2.45) is 5.92 Å². The van der Waals surface area contributed by atoms with Crippen LogP contribution in [-0.2, 0) is 4.79 Å². The molecule has 1 saturated heterocycles. The van der Waals surface area contributed by atoms with E-state index in [4.69, 9.17) is 0 Å². The van der Waals surface area contributed by atoms with E-state index in [0.29, 0.717) is 13.0 Å². The van der Waals surface area contributed by atoms with Gasteiger partial charge in [0.05, 0.1) is 28.5 Å². The van der Waals surface area contributed by atoms with Crippen LogP contribution in [0.3, 0.4) is 0 Å². The summed E-state index contributed by atoms with van der Waals surface area (Å²) >= 11 is 0. The fourth-order valence-corrected chi connectivity index (χ4v) is 4.13. The van der Waals surface area contributed by atoms with Crippen molar-refractivity contribution in [2.45, 2.75) is 12.8 Å². The zero-order valence-electron chi connectivity index (χ0n) is 15.2. The predicted octanol–water partition coefficient (Wildman–Crippen LogP) is 3.47. The lowest BCUT2D eigenvalue weighted by molar-refractivity contribution is -0.141. The summed E-state index contributed by atoms with van der Waals surface area (Å²) in [6, 6.07) is 12.1. The number of piperidine rings is 1. The molecule has 0 bridgehead atoms. The largest absolute Gasteiger partial charge is 0.481 e. The quantitative estimate of drug-likeness (QED) is 0.571. The predicted molar refractivity (Wildman–Crippen MR) is 107 cm³/mol. The minimum Gasteiger partial charge on any atom is -0.481 e. The van der Waals surface area contributed by atoms with Gasteiger partial charge in [-0.15, -0.1) is 0 Å². The van der Waals surface area contributed by atoms with Crippen LogP contribution in [0.4, 0.5) is 5.82 Å². The van der Waals surface area contributed by atoms with Gasteiger partial charge >= 0.3 is 5.97 Å². The van der Waals surface area contributed by atoms with Crippen molar-refractivity contribution in [1.29, 1.82) is 0 Å². The van der Waals surface area contributed by atoms with Gasteiger partial charge in [-0.3, -0.25) is 9.89 Å². The lowest BCUT2D eigenvalue weighted by Gasteiger charge is -2.32. The molecule has 28 heavy (non-hydrogen) atoms. The van der Waals surface area contributed by atoms with E-state index in [1.807, 2.05) is 30.5 Å². The van der Waals surface area contributed by atoms with Crippen LogP contribution in [-0.4, -0.2) is 44.3 Å². The Kier molecular flexibility index (Phi) is 3.93. The standard InChI is InChI=1S/C21H19N5O2/c27-21(28)13-4-3-9-26(11-13)20-19-15(6-2-8-18(19)22-12-23-20)14-5-1-7-17-16(14)10-24-25-17/h1-2,5-8,10,12-13H,3-4,9,11H2,(H,24,25)(H,27,28). The van der Waals surface area contributed by atoms with Gasteiger partial charge in [-0.1, -0.05) is 24.3 Å². The van der Waals surface area contributed by atoms with Gasteiger partial charge in [0.1, 0.15) is 12.1 Å². The molecule has 0 saturated carbocycles. The molecular weight excluding hydrogens is 354 g/mol. The second-order valence-electron chi connectivity index (χ2n) is 7.16. The van der Waals surface area contributed by atoms with E-state index in [9.17, 15) is 9.90 Å². The van der Waals surface area contributed by atoms with Crippen LogP contribution in [0.15, 0.2) is 48.9 Å². The monoisotopic (exact) mass is 373 g/mol. The number of aromatic amines is 1. The first-order valence-corrected chi connectivity index (χ1v) is 9.36. The Balaban J connectivity index is 1.72. The number of aromatic nitrogens is 4. The van der Waals surface area contributed by atoms with Crippen LogP contribution in [0, 0.1) is 5.92 Å². The van der Waals surface area contributed by atoms with E-state index < -0.39 is 5.97 Å². The number of carboxylic acids is 1. The molecule has 5 rings (SSSR count). The Morgan fingerprint density at radius 2 is 2.00 bits per heavy atom. The number of nitrogens with zero attached hydrogens (tertiary/aromatic N) is 4. The number of anilines is 1. The Morgan fingerprint density at radius 3 is 2.89 bits per heavy atom. The number of carbonyl (C=O) groups is 1. The Labute approximate surface area is 161 Å². The van der Waals surface area contributed by atoms with Crippen molar-refractivity contribution in [3.8, 4) is 11.1 Å². The molecule has 140 valence electrons. The SMILES string of the molecule is O=C(O)C1CCCN(c2ncnc3cccc(-c4cccc5[nH]ncc45)c23)C1. The summed E-state index contributed by atoms with van der Waals surface area (Å²) in [4.78, 5) is 22.7. The fraction of sp³-hybridized carbons (Fsp3) is 0.238. The molecule has 1 aliphatic rings. The van der Waals surface area contributed by atoms with Crippen molar-refractivity contribution >= 4 is 33.6 Å². The molecule has 3 heterocycles. The number of hydrogen-bond acceptors (Lipinski definition) is 5. The zero-order chi connectivity index (χ0) is 19.1. The van der Waals surface area contributed by atoms with Gasteiger partial charge in [-0.25, -0.2) is 9.97 Å². The number of nitrogens with one attached hydrogen (secondary N) is 1. The van der Waals surface area contributed by atoms with E-state index >= 15 is 0 Å². The minimum atomic E-state index is -0.744. The van der Waals surface area contributed by atoms with Gasteiger partial charge in [0.2, 0.25) is 0 Å². The molecule has 2 aromatic carbocycles. The molecule has 0 radical (unpaired) electrons. The molecule has 4 aromatic rings. The van der Waals surface area contributed by atoms with Gasteiger partial charge in [0, 0.05) is 18.5 Å². The molecule has 1 aliphatic heterocycles. The highest BCUT2D eigenvalue weighted by Crippen LogP contribution is 2.37. The van der Waals surface area contributed by atoms with Crippen molar-refractivity contribution < 1.29 is 9.90 Å². The molecule has 7 nitrogen and oxygen atoms in total. The molecule has 0 amide bonds. The van der Waals surface area contributed by atoms with Crippen LogP contribution in [0.2, 0.25) is 0 Å². The molecule has 1 unspecified atom stereocenters. The highest BCUT2D eigenvalue weighted by molar-refractivity contribution is 6.07. The van der Waals surface area contributed by atoms with E-state index in [0.717, 1.165) is 51.7 Å². The summed E-state index contributed by atoms with van der Waals surface area (Å²) in [5.74, 6) is -0.318. The third kappa shape index (κ3) is 2.67. The summed E-state index contributed by atoms with van der Waals surface area (Å²) in [7, 11) is 0. The van der Waals surface area contributed by atoms with Crippen LogP contribution in [0.5, 0.6) is 0 Å². The summed E-state index contributed by atoms with van der Waals surface area (Å²) in [6.07, 6.45) is 4.93. The van der Waals surface area contributed by atoms with E-state index in [1.165, 1.54) is 0 Å². The Morgan fingerprint density at radius 1 is 1.14 bits per heavy atom. The van der Waals surface area contributed by atoms with Crippen LogP contribution in [0.25, 0.3) is 32.9 Å². The highest BCUT2D eigenvalue weighted by Gasteiger charge is 2.27. The van der Waals surface area contributed by atoms with Crippen molar-refractivity contribution in [2.75, 3.05) is 18.0 Å². The number of benzene rings is 2. The van der Waals surface area contributed by atoms with Crippen molar-refractivity contribution in [3.63, 3.8) is 0 Å². The first-order chi connectivity index (χ1) is 13.7. The summed E-state index contributed by atoms with van der Waals surface area (Å²) in [6.45, 7) is 1.26. The molecule has 1 atom stereocenters. The lowest BCUT2D eigenvalue weighted by Crippen LogP contribution is -2.39. The first kappa shape index (κ1) is 16.7. The summed E-state index contributed by atoms with van der Waals surface area (Å²) in [5, 5.41) is 18.7. The number of hydrogen-bond donors (Lipinski definition) is 2. The molecule has 7 heteroatoms. The highest BCUT2D eigenvalue weighted by atomic mass is 16.4. The zero-order valence-corrected chi connectivity index (χ0v) is 15.2. The van der Waals surface area contributed by atoms with Crippen LogP contribution in [0.1, 0.15) is 12.8 Å². The minimum absolute atomic E-state index is 0.372. The number of carboxylic acid groups (broad SMARTS) is 1. The molecular formula is C21H19N5O2. The Bertz CT molecular complexity index is 1180. The van der Waals surface area contributed by atoms with E-state index in [-0.39, 0.29) is 5.92 Å². The maximum Gasteiger partial charge on any atom is 0.308 e. The van der Waals surface area contributed by atoms with Gasteiger partial charge in [-0.2, -0.15) is 5.10 Å². The molecule has 0 spiro atoms. The maximum absolute atomic E-state index is 11.5. The topological polar surface area (TPSA) is 95.0 Å². The van der Waals surface area contributed by atoms with Crippen LogP contribution >= 0.6 is 0 Å². The molecule has 1 fully saturated rings. The normalized spacial score (nSPS) is 17.3. The summed E-state index contributed by atoms with van der Waals surface area (Å²) in [5.41, 5.74) is 3.90. The van der Waals surface area contributed by atoms with E-state index in [1.54, 1.807) is 6.33 Å². The number of fused-ring (bicyclic) bond motifs is 2. The molecule has 2 aromatic heterocycles. The number of H-pyrrole nitrogens is 1. The second kappa shape index (κ2) is 6.60. The van der Waals surface area contributed by atoms with Crippen LogP contribution < -0.4 is 4.90 Å². The van der Waals surface area contributed by atoms with Crippen molar-refractivity contribution in [1.82, 2.24) is 20.2 Å². The maximum atomic E-state index is 11.5. The third-order valence-electron chi connectivity index (χ3n) is 5.49. The van der Waals surface area contributed by atoms with E-state index in [2.05, 4.69) is 37.2 Å². The fourth-order valence-electron chi connectivity index (χ4n) is 4.13. The van der Waals surface area contributed by atoms with Gasteiger partial charge < -0.3 is 10.0 Å². The van der Waals surface area contributed by atoms with Gasteiger partial charge in [0.15, 0.2) is 0 Å². The Hall–Kier alpha value is -3.48. The first-order valence-electron chi connectivity index (χ1n) is 9.36. The second-order valence-corrected chi connectivity index (χ2v) is 7.16. The average Bonchev–Trinajstić information content (AvgIpc) is 3.22. The molecule has 0 aliphatic carbocycles. The smallest absolute Gasteiger partial charge is 0.308 e. The molecule has 2 N–H and O–H groups in total. The van der Waals surface area contributed by atoms with Gasteiger partial charge in [0.25, 0.3) is 0 Å². The average molecular weight is 373 g/mol. The number of rotatable bonds is 3.